The van der Waals surface area contributed by atoms with Gasteiger partial charge in [-0.05, 0) is 24.6 Å². The Balaban J connectivity index is 2.11. The molecule has 0 radical (unpaired) electrons. The molecule has 16 heavy (non-hydrogen) atoms. The number of benzene rings is 1. The van der Waals surface area contributed by atoms with Gasteiger partial charge in [-0.15, -0.1) is 0 Å². The molecule has 0 aliphatic carbocycles. The summed E-state index contributed by atoms with van der Waals surface area (Å²) in [5, 5.41) is 16.9. The molecular weight excluding hydrogens is 202 g/mol. The zero-order valence-corrected chi connectivity index (χ0v) is 9.38. The first-order chi connectivity index (χ1) is 7.65. The molecule has 1 aromatic carbocycles. The standard InChI is InChI=1S/C12H15N3O/c1-9(10-4-3-5-11(16)8-10)13-12-6-7-15(2)14-12/h3-9,16H,1-2H3,(H,13,14). The summed E-state index contributed by atoms with van der Waals surface area (Å²) in [5.74, 6) is 1.12. The van der Waals surface area contributed by atoms with E-state index >= 15 is 0 Å². The third-order valence-electron chi connectivity index (χ3n) is 2.45. The lowest BCUT2D eigenvalue weighted by Crippen LogP contribution is -2.07. The van der Waals surface area contributed by atoms with Crippen LogP contribution in [0.2, 0.25) is 0 Å². The molecule has 0 fully saturated rings. The number of aryl methyl sites for hydroxylation is 1. The van der Waals surface area contributed by atoms with E-state index in [0.717, 1.165) is 11.4 Å². The molecule has 1 aromatic heterocycles. The van der Waals surface area contributed by atoms with Crippen molar-refractivity contribution in [2.75, 3.05) is 5.32 Å². The Bertz CT molecular complexity index is 479. The topological polar surface area (TPSA) is 50.1 Å². The number of nitrogens with zero attached hydrogens (tertiary/aromatic N) is 2. The molecule has 0 spiro atoms. The van der Waals surface area contributed by atoms with E-state index in [1.807, 2.05) is 38.4 Å². The van der Waals surface area contributed by atoms with Crippen LogP contribution in [0.4, 0.5) is 5.82 Å². The highest BCUT2D eigenvalue weighted by atomic mass is 16.3. The van der Waals surface area contributed by atoms with Gasteiger partial charge < -0.3 is 10.4 Å². The number of hydrogen-bond donors (Lipinski definition) is 2. The SMILES string of the molecule is CC(Nc1ccn(C)n1)c1cccc(O)c1. The average Bonchev–Trinajstić information content (AvgIpc) is 2.64. The lowest BCUT2D eigenvalue weighted by Gasteiger charge is -2.13. The van der Waals surface area contributed by atoms with Crippen LogP contribution in [-0.4, -0.2) is 14.9 Å². The zero-order valence-electron chi connectivity index (χ0n) is 9.38. The van der Waals surface area contributed by atoms with Gasteiger partial charge in [-0.1, -0.05) is 12.1 Å². The van der Waals surface area contributed by atoms with Gasteiger partial charge in [0, 0.05) is 19.3 Å². The third-order valence-corrected chi connectivity index (χ3v) is 2.45. The molecule has 0 aliphatic heterocycles. The molecule has 0 aliphatic rings. The van der Waals surface area contributed by atoms with Gasteiger partial charge in [-0.3, -0.25) is 4.68 Å². The van der Waals surface area contributed by atoms with Gasteiger partial charge in [0.05, 0.1) is 6.04 Å². The highest BCUT2D eigenvalue weighted by Crippen LogP contribution is 2.20. The summed E-state index contributed by atoms with van der Waals surface area (Å²) in [7, 11) is 1.88. The van der Waals surface area contributed by atoms with Crippen molar-refractivity contribution in [1.82, 2.24) is 9.78 Å². The second-order valence-corrected chi connectivity index (χ2v) is 3.84. The Labute approximate surface area is 94.5 Å². The molecule has 4 heteroatoms. The second kappa shape index (κ2) is 4.26. The highest BCUT2D eigenvalue weighted by molar-refractivity contribution is 5.38. The third kappa shape index (κ3) is 2.34. The fourth-order valence-electron chi connectivity index (χ4n) is 1.59. The molecule has 1 unspecified atom stereocenters. The number of hydrogen-bond acceptors (Lipinski definition) is 3. The monoisotopic (exact) mass is 217 g/mol. The van der Waals surface area contributed by atoms with Crippen molar-refractivity contribution in [2.45, 2.75) is 13.0 Å². The van der Waals surface area contributed by atoms with Crippen molar-refractivity contribution in [3.63, 3.8) is 0 Å². The van der Waals surface area contributed by atoms with Crippen molar-refractivity contribution in [1.29, 1.82) is 0 Å². The molecule has 0 amide bonds. The predicted octanol–water partition coefficient (Wildman–Crippen LogP) is 2.30. The number of rotatable bonds is 3. The minimum absolute atomic E-state index is 0.113. The van der Waals surface area contributed by atoms with E-state index in [0.29, 0.717) is 0 Å². The summed E-state index contributed by atoms with van der Waals surface area (Å²) in [4.78, 5) is 0. The van der Waals surface area contributed by atoms with Crippen LogP contribution >= 0.6 is 0 Å². The van der Waals surface area contributed by atoms with Gasteiger partial charge in [0.25, 0.3) is 0 Å². The zero-order chi connectivity index (χ0) is 11.5. The van der Waals surface area contributed by atoms with Crippen molar-refractivity contribution in [3.8, 4) is 5.75 Å². The highest BCUT2D eigenvalue weighted by Gasteiger charge is 2.06. The first-order valence-corrected chi connectivity index (χ1v) is 5.20. The summed E-state index contributed by atoms with van der Waals surface area (Å²) in [6.45, 7) is 2.03. The van der Waals surface area contributed by atoms with Gasteiger partial charge in [0.2, 0.25) is 0 Å². The number of phenols is 1. The molecule has 2 rings (SSSR count). The first kappa shape index (κ1) is 10.5. The molecule has 0 saturated heterocycles. The minimum Gasteiger partial charge on any atom is -0.508 e. The summed E-state index contributed by atoms with van der Waals surface area (Å²) in [6, 6.07) is 9.25. The van der Waals surface area contributed by atoms with Crippen LogP contribution in [0, 0.1) is 0 Å². The smallest absolute Gasteiger partial charge is 0.148 e. The Morgan fingerprint density at radius 2 is 2.19 bits per heavy atom. The fraction of sp³-hybridized carbons (Fsp3) is 0.250. The predicted molar refractivity (Wildman–Crippen MR) is 63.4 cm³/mol. The van der Waals surface area contributed by atoms with Gasteiger partial charge >= 0.3 is 0 Å². The van der Waals surface area contributed by atoms with E-state index in [1.54, 1.807) is 16.8 Å². The number of aromatic nitrogens is 2. The quantitative estimate of drug-likeness (QED) is 0.829. The Hall–Kier alpha value is -1.97. The molecule has 1 atom stereocenters. The minimum atomic E-state index is 0.113. The van der Waals surface area contributed by atoms with E-state index in [2.05, 4.69) is 10.4 Å². The average molecular weight is 217 g/mol. The van der Waals surface area contributed by atoms with Gasteiger partial charge in [-0.25, -0.2) is 0 Å². The van der Waals surface area contributed by atoms with Crippen LogP contribution in [0.15, 0.2) is 36.5 Å². The second-order valence-electron chi connectivity index (χ2n) is 3.84. The van der Waals surface area contributed by atoms with Crippen LogP contribution < -0.4 is 5.32 Å². The van der Waals surface area contributed by atoms with Crippen molar-refractivity contribution < 1.29 is 5.11 Å². The van der Waals surface area contributed by atoms with Crippen molar-refractivity contribution in [3.05, 3.63) is 42.1 Å². The fourth-order valence-corrected chi connectivity index (χ4v) is 1.59. The van der Waals surface area contributed by atoms with Gasteiger partial charge in [0.15, 0.2) is 0 Å². The van der Waals surface area contributed by atoms with Crippen molar-refractivity contribution in [2.24, 2.45) is 7.05 Å². The molecule has 2 aromatic rings. The number of nitrogens with one attached hydrogen (secondary N) is 1. The summed E-state index contributed by atoms with van der Waals surface area (Å²) in [5.41, 5.74) is 1.03. The van der Waals surface area contributed by atoms with Crippen LogP contribution in [0.5, 0.6) is 5.75 Å². The maximum atomic E-state index is 9.38. The summed E-state index contributed by atoms with van der Waals surface area (Å²) < 4.78 is 1.75. The Morgan fingerprint density at radius 3 is 2.81 bits per heavy atom. The lowest BCUT2D eigenvalue weighted by atomic mass is 10.1. The van der Waals surface area contributed by atoms with E-state index in [9.17, 15) is 5.11 Å². The van der Waals surface area contributed by atoms with E-state index in [-0.39, 0.29) is 11.8 Å². The molecule has 0 saturated carbocycles. The van der Waals surface area contributed by atoms with E-state index in [1.165, 1.54) is 0 Å². The molecule has 1 heterocycles. The van der Waals surface area contributed by atoms with Crippen LogP contribution in [0.1, 0.15) is 18.5 Å². The largest absolute Gasteiger partial charge is 0.508 e. The van der Waals surface area contributed by atoms with Crippen LogP contribution in [0.25, 0.3) is 0 Å². The van der Waals surface area contributed by atoms with Gasteiger partial charge in [0.1, 0.15) is 11.6 Å². The van der Waals surface area contributed by atoms with E-state index in [4.69, 9.17) is 0 Å². The first-order valence-electron chi connectivity index (χ1n) is 5.20. The molecule has 4 nitrogen and oxygen atoms in total. The van der Waals surface area contributed by atoms with Crippen LogP contribution in [-0.2, 0) is 7.05 Å². The Morgan fingerprint density at radius 1 is 1.38 bits per heavy atom. The maximum Gasteiger partial charge on any atom is 0.148 e. The maximum absolute atomic E-state index is 9.38. The summed E-state index contributed by atoms with van der Waals surface area (Å²) >= 11 is 0. The molecule has 0 bridgehead atoms. The van der Waals surface area contributed by atoms with E-state index < -0.39 is 0 Å². The normalized spacial score (nSPS) is 12.4. The van der Waals surface area contributed by atoms with Crippen LogP contribution in [0.3, 0.4) is 0 Å². The number of anilines is 1. The number of phenolic OH excluding ortho intramolecular Hbond substituents is 1. The molecule has 84 valence electrons. The lowest BCUT2D eigenvalue weighted by molar-refractivity contribution is 0.474. The molecular formula is C12H15N3O. The van der Waals surface area contributed by atoms with Gasteiger partial charge in [-0.2, -0.15) is 5.10 Å². The Kier molecular flexibility index (Phi) is 2.81. The number of aromatic hydroxyl groups is 1. The summed E-state index contributed by atoms with van der Waals surface area (Å²) in [6.07, 6.45) is 1.89. The molecule has 2 N–H and O–H groups in total. The van der Waals surface area contributed by atoms with Crippen molar-refractivity contribution >= 4 is 5.82 Å².